The van der Waals surface area contributed by atoms with Crippen molar-refractivity contribution in [2.45, 2.75) is 26.7 Å². The first-order chi connectivity index (χ1) is 8.21. The van der Waals surface area contributed by atoms with Gasteiger partial charge in [0.05, 0.1) is 7.11 Å². The minimum atomic E-state index is 0.344. The van der Waals surface area contributed by atoms with Gasteiger partial charge >= 0.3 is 6.01 Å². The third-order valence-electron chi connectivity index (χ3n) is 2.22. The molecule has 0 aliphatic carbocycles. The van der Waals surface area contributed by atoms with E-state index in [4.69, 9.17) is 4.74 Å². The molecule has 0 unspecified atom stereocenters. The molecule has 1 heterocycles. The van der Waals surface area contributed by atoms with Crippen molar-refractivity contribution in [1.29, 1.82) is 0 Å². The highest BCUT2D eigenvalue weighted by Gasteiger charge is 2.09. The molecule has 6 nitrogen and oxygen atoms in total. The number of nitrogens with zero attached hydrogens (tertiary/aromatic N) is 4. The average Bonchev–Trinajstić information content (AvgIpc) is 2.36. The number of hydrogen-bond acceptors (Lipinski definition) is 6. The molecule has 0 saturated heterocycles. The van der Waals surface area contributed by atoms with Gasteiger partial charge in [-0.05, 0) is 12.8 Å². The summed E-state index contributed by atoms with van der Waals surface area (Å²) >= 11 is 0. The Bertz CT molecular complexity index is 345. The Kier molecular flexibility index (Phi) is 5.45. The predicted molar refractivity (Wildman–Crippen MR) is 68.7 cm³/mol. The summed E-state index contributed by atoms with van der Waals surface area (Å²) in [5, 5.41) is 3.14. The molecule has 0 aliphatic rings. The fourth-order valence-electron chi connectivity index (χ4n) is 1.36. The van der Waals surface area contributed by atoms with E-state index in [0.717, 1.165) is 25.9 Å². The molecule has 0 aromatic carbocycles. The van der Waals surface area contributed by atoms with E-state index >= 15 is 0 Å². The Morgan fingerprint density at radius 2 is 1.94 bits per heavy atom. The van der Waals surface area contributed by atoms with Crippen molar-refractivity contribution >= 4 is 11.9 Å². The van der Waals surface area contributed by atoms with Crippen LogP contribution in [0.15, 0.2) is 0 Å². The molecule has 0 fully saturated rings. The molecule has 1 aromatic rings. The van der Waals surface area contributed by atoms with Crippen molar-refractivity contribution < 1.29 is 4.74 Å². The van der Waals surface area contributed by atoms with Crippen LogP contribution < -0.4 is 15.0 Å². The topological polar surface area (TPSA) is 63.2 Å². The SMILES string of the molecule is CCCNc1nc(OC)nc(N(C)CCC)n1. The normalized spacial score (nSPS) is 10.1. The first-order valence-corrected chi connectivity index (χ1v) is 5.96. The summed E-state index contributed by atoms with van der Waals surface area (Å²) in [6.07, 6.45) is 2.07. The predicted octanol–water partition coefficient (Wildman–Crippen LogP) is 1.55. The summed E-state index contributed by atoms with van der Waals surface area (Å²) in [5.74, 6) is 1.20. The Morgan fingerprint density at radius 1 is 1.18 bits per heavy atom. The molecule has 0 spiro atoms. The lowest BCUT2D eigenvalue weighted by Crippen LogP contribution is -2.21. The second-order valence-electron chi connectivity index (χ2n) is 3.79. The standard InChI is InChI=1S/C11H21N5O/c1-5-7-12-9-13-10(16(3)8-6-2)15-11(14-9)17-4/h5-8H2,1-4H3,(H,12,13,14,15). The summed E-state index contributed by atoms with van der Waals surface area (Å²) in [7, 11) is 3.52. The smallest absolute Gasteiger partial charge is 0.322 e. The van der Waals surface area contributed by atoms with Crippen molar-refractivity contribution in [2.75, 3.05) is 37.5 Å². The molecule has 1 rings (SSSR count). The Balaban J connectivity index is 2.88. The number of nitrogens with one attached hydrogen (secondary N) is 1. The average molecular weight is 239 g/mol. The van der Waals surface area contributed by atoms with Gasteiger partial charge in [-0.3, -0.25) is 0 Å². The van der Waals surface area contributed by atoms with Gasteiger partial charge in [0.1, 0.15) is 0 Å². The second-order valence-corrected chi connectivity index (χ2v) is 3.79. The zero-order chi connectivity index (χ0) is 12.7. The van der Waals surface area contributed by atoms with Gasteiger partial charge in [-0.15, -0.1) is 0 Å². The highest BCUT2D eigenvalue weighted by atomic mass is 16.5. The molecular formula is C11H21N5O. The van der Waals surface area contributed by atoms with E-state index in [2.05, 4.69) is 34.1 Å². The van der Waals surface area contributed by atoms with E-state index < -0.39 is 0 Å². The maximum Gasteiger partial charge on any atom is 0.322 e. The molecule has 0 amide bonds. The lowest BCUT2D eigenvalue weighted by Gasteiger charge is -2.16. The van der Waals surface area contributed by atoms with Crippen molar-refractivity contribution in [1.82, 2.24) is 15.0 Å². The van der Waals surface area contributed by atoms with Crippen LogP contribution in [0.4, 0.5) is 11.9 Å². The number of ether oxygens (including phenoxy) is 1. The molecule has 17 heavy (non-hydrogen) atoms. The Hall–Kier alpha value is -1.59. The summed E-state index contributed by atoms with van der Waals surface area (Å²) in [6, 6.07) is 0.344. The first kappa shape index (κ1) is 13.5. The molecule has 0 saturated carbocycles. The number of hydrogen-bond donors (Lipinski definition) is 1. The van der Waals surface area contributed by atoms with Gasteiger partial charge < -0.3 is 15.0 Å². The van der Waals surface area contributed by atoms with Gasteiger partial charge in [0.15, 0.2) is 0 Å². The molecule has 6 heteroatoms. The van der Waals surface area contributed by atoms with Crippen LogP contribution >= 0.6 is 0 Å². The Labute approximate surface area is 102 Å². The van der Waals surface area contributed by atoms with Gasteiger partial charge in [0, 0.05) is 20.1 Å². The molecule has 96 valence electrons. The summed E-state index contributed by atoms with van der Waals surface area (Å²) in [6.45, 7) is 5.95. The number of methoxy groups -OCH3 is 1. The van der Waals surface area contributed by atoms with Gasteiger partial charge in [-0.2, -0.15) is 15.0 Å². The van der Waals surface area contributed by atoms with E-state index in [-0.39, 0.29) is 0 Å². The highest BCUT2D eigenvalue weighted by molar-refractivity contribution is 5.37. The summed E-state index contributed by atoms with van der Waals surface area (Å²) in [5.41, 5.74) is 0. The number of rotatable bonds is 7. The van der Waals surface area contributed by atoms with E-state index in [9.17, 15) is 0 Å². The zero-order valence-electron chi connectivity index (χ0n) is 11.0. The minimum absolute atomic E-state index is 0.344. The molecule has 0 aliphatic heterocycles. The van der Waals surface area contributed by atoms with Crippen LogP contribution in [-0.2, 0) is 0 Å². The minimum Gasteiger partial charge on any atom is -0.467 e. The quantitative estimate of drug-likeness (QED) is 0.779. The summed E-state index contributed by atoms with van der Waals surface area (Å²) < 4.78 is 5.07. The van der Waals surface area contributed by atoms with E-state index in [0.29, 0.717) is 17.9 Å². The zero-order valence-corrected chi connectivity index (χ0v) is 11.0. The van der Waals surface area contributed by atoms with Crippen molar-refractivity contribution in [2.24, 2.45) is 0 Å². The van der Waals surface area contributed by atoms with E-state index in [1.807, 2.05) is 11.9 Å². The summed E-state index contributed by atoms with van der Waals surface area (Å²) in [4.78, 5) is 14.7. The number of aromatic nitrogens is 3. The van der Waals surface area contributed by atoms with Crippen LogP contribution in [0.1, 0.15) is 26.7 Å². The van der Waals surface area contributed by atoms with E-state index in [1.165, 1.54) is 0 Å². The van der Waals surface area contributed by atoms with Crippen LogP contribution in [0.3, 0.4) is 0 Å². The molecule has 1 N–H and O–H groups in total. The maximum atomic E-state index is 5.07. The number of anilines is 2. The molecule has 1 aromatic heterocycles. The maximum absolute atomic E-state index is 5.07. The van der Waals surface area contributed by atoms with Gasteiger partial charge in [-0.1, -0.05) is 13.8 Å². The van der Waals surface area contributed by atoms with Crippen LogP contribution in [-0.4, -0.2) is 42.2 Å². The highest BCUT2D eigenvalue weighted by Crippen LogP contribution is 2.13. The van der Waals surface area contributed by atoms with Gasteiger partial charge in [0.2, 0.25) is 11.9 Å². The molecule has 0 atom stereocenters. The lowest BCUT2D eigenvalue weighted by molar-refractivity contribution is 0.379. The van der Waals surface area contributed by atoms with Crippen molar-refractivity contribution in [3.8, 4) is 6.01 Å². The third kappa shape index (κ3) is 4.05. The van der Waals surface area contributed by atoms with Crippen LogP contribution in [0.25, 0.3) is 0 Å². The third-order valence-corrected chi connectivity index (χ3v) is 2.22. The lowest BCUT2D eigenvalue weighted by atomic mass is 10.4. The fraction of sp³-hybridized carbons (Fsp3) is 0.727. The van der Waals surface area contributed by atoms with Gasteiger partial charge in [-0.25, -0.2) is 0 Å². The largest absolute Gasteiger partial charge is 0.467 e. The monoisotopic (exact) mass is 239 g/mol. The van der Waals surface area contributed by atoms with Gasteiger partial charge in [0.25, 0.3) is 0 Å². The first-order valence-electron chi connectivity index (χ1n) is 5.96. The van der Waals surface area contributed by atoms with Crippen LogP contribution in [0.2, 0.25) is 0 Å². The molecule has 0 bridgehead atoms. The van der Waals surface area contributed by atoms with E-state index in [1.54, 1.807) is 7.11 Å². The van der Waals surface area contributed by atoms with Crippen LogP contribution in [0, 0.1) is 0 Å². The Morgan fingerprint density at radius 3 is 2.53 bits per heavy atom. The molecular weight excluding hydrogens is 218 g/mol. The second kappa shape index (κ2) is 6.88. The van der Waals surface area contributed by atoms with Crippen molar-refractivity contribution in [3.63, 3.8) is 0 Å². The van der Waals surface area contributed by atoms with Crippen molar-refractivity contribution in [3.05, 3.63) is 0 Å². The fourth-order valence-corrected chi connectivity index (χ4v) is 1.36. The van der Waals surface area contributed by atoms with Crippen LogP contribution in [0.5, 0.6) is 6.01 Å². The molecule has 0 radical (unpaired) electrons.